The van der Waals surface area contributed by atoms with Crippen molar-refractivity contribution in [1.82, 2.24) is 21.3 Å². The normalized spacial score (nSPS) is 15.4. The van der Waals surface area contributed by atoms with E-state index in [0.717, 1.165) is 12.8 Å². The minimum Gasteiger partial charge on any atom is -0.370 e. The average molecular weight is 502 g/mol. The maximum atomic E-state index is 13.5. The molecule has 0 aromatic heterocycles. The number of primary amides is 1. The predicted molar refractivity (Wildman–Crippen MR) is 137 cm³/mol. The molecule has 11 heteroatoms. The van der Waals surface area contributed by atoms with Crippen LogP contribution in [0, 0.1) is 5.41 Å². The first-order chi connectivity index (χ1) is 17.1. The largest absolute Gasteiger partial charge is 0.370 e. The van der Waals surface area contributed by atoms with Crippen LogP contribution >= 0.6 is 0 Å². The Kier molecular flexibility index (Phi) is 10.2. The van der Waals surface area contributed by atoms with Gasteiger partial charge in [0, 0.05) is 12.1 Å². The number of guanidine groups is 1. The summed E-state index contributed by atoms with van der Waals surface area (Å²) in [6.45, 7) is 3.91. The van der Waals surface area contributed by atoms with Gasteiger partial charge in [-0.15, -0.1) is 0 Å². The van der Waals surface area contributed by atoms with Crippen molar-refractivity contribution in [3.05, 3.63) is 35.9 Å². The summed E-state index contributed by atoms with van der Waals surface area (Å²) in [6.07, 6.45) is 3.68. The maximum absolute atomic E-state index is 13.5. The van der Waals surface area contributed by atoms with Gasteiger partial charge >= 0.3 is 0 Å². The summed E-state index contributed by atoms with van der Waals surface area (Å²) in [5.41, 5.74) is 9.00. The summed E-state index contributed by atoms with van der Waals surface area (Å²) in [5, 5.41) is 18.4. The van der Waals surface area contributed by atoms with E-state index in [9.17, 15) is 19.2 Å². The van der Waals surface area contributed by atoms with Crippen molar-refractivity contribution in [2.24, 2.45) is 11.5 Å². The second-order valence-corrected chi connectivity index (χ2v) is 9.26. The van der Waals surface area contributed by atoms with Crippen molar-refractivity contribution < 1.29 is 19.2 Å². The van der Waals surface area contributed by atoms with Gasteiger partial charge in [0.1, 0.15) is 17.1 Å². The fourth-order valence-electron chi connectivity index (χ4n) is 4.51. The SMILES string of the molecule is CCC(CC)(NC(=O)c1ccccc1)C(=O)N[C@H](CCCNC(=N)N)C(=O)NC1(C(N)=O)CCCC1. The third-order valence-electron chi connectivity index (χ3n) is 6.93. The van der Waals surface area contributed by atoms with Gasteiger partial charge in [0.25, 0.3) is 5.91 Å². The van der Waals surface area contributed by atoms with Gasteiger partial charge in [-0.25, -0.2) is 0 Å². The zero-order valence-electron chi connectivity index (χ0n) is 21.1. The fourth-order valence-corrected chi connectivity index (χ4v) is 4.51. The third-order valence-corrected chi connectivity index (χ3v) is 6.93. The Labute approximate surface area is 212 Å². The minimum atomic E-state index is -1.24. The van der Waals surface area contributed by atoms with Gasteiger partial charge in [-0.1, -0.05) is 44.9 Å². The van der Waals surface area contributed by atoms with Crippen LogP contribution in [0.1, 0.15) is 75.6 Å². The predicted octanol–water partition coefficient (Wildman–Crippen LogP) is 0.638. The molecule has 0 radical (unpaired) electrons. The Hall–Kier alpha value is -3.63. The van der Waals surface area contributed by atoms with Gasteiger partial charge in [0.05, 0.1) is 0 Å². The molecule has 1 saturated carbocycles. The van der Waals surface area contributed by atoms with Crippen molar-refractivity contribution in [3.8, 4) is 0 Å². The number of nitrogens with one attached hydrogen (secondary N) is 5. The highest BCUT2D eigenvalue weighted by molar-refractivity contribution is 6.00. The molecule has 1 aromatic carbocycles. The third kappa shape index (κ3) is 7.19. The summed E-state index contributed by atoms with van der Waals surface area (Å²) in [6, 6.07) is 7.61. The molecular formula is C25H39N7O4. The highest BCUT2D eigenvalue weighted by Crippen LogP contribution is 2.29. The number of benzene rings is 1. The van der Waals surface area contributed by atoms with Gasteiger partial charge in [-0.2, -0.15) is 0 Å². The van der Waals surface area contributed by atoms with Crippen LogP contribution in [0.3, 0.4) is 0 Å². The lowest BCUT2D eigenvalue weighted by Gasteiger charge is -2.34. The van der Waals surface area contributed by atoms with Gasteiger partial charge in [0.15, 0.2) is 5.96 Å². The van der Waals surface area contributed by atoms with E-state index >= 15 is 0 Å². The van der Waals surface area contributed by atoms with Crippen LogP contribution in [0.4, 0.5) is 0 Å². The van der Waals surface area contributed by atoms with Gasteiger partial charge in [0.2, 0.25) is 17.7 Å². The van der Waals surface area contributed by atoms with Crippen LogP contribution < -0.4 is 32.7 Å². The van der Waals surface area contributed by atoms with Gasteiger partial charge in [-0.05, 0) is 50.7 Å². The summed E-state index contributed by atoms with van der Waals surface area (Å²) < 4.78 is 0. The van der Waals surface area contributed by atoms with Crippen molar-refractivity contribution in [1.29, 1.82) is 5.41 Å². The maximum Gasteiger partial charge on any atom is 0.252 e. The second-order valence-electron chi connectivity index (χ2n) is 9.26. The number of amides is 4. The average Bonchev–Trinajstić information content (AvgIpc) is 3.34. The van der Waals surface area contributed by atoms with Crippen LogP contribution in [0.2, 0.25) is 0 Å². The van der Waals surface area contributed by atoms with E-state index in [4.69, 9.17) is 16.9 Å². The molecule has 1 aromatic rings. The number of hydrogen-bond donors (Lipinski definition) is 7. The molecule has 1 aliphatic carbocycles. The fraction of sp³-hybridized carbons (Fsp3) is 0.560. The molecule has 0 unspecified atom stereocenters. The zero-order valence-corrected chi connectivity index (χ0v) is 21.1. The van der Waals surface area contributed by atoms with E-state index in [-0.39, 0.29) is 18.3 Å². The summed E-state index contributed by atoms with van der Waals surface area (Å²) in [5.74, 6) is -2.18. The lowest BCUT2D eigenvalue weighted by atomic mass is 9.90. The first kappa shape index (κ1) is 28.6. The summed E-state index contributed by atoms with van der Waals surface area (Å²) in [4.78, 5) is 51.9. The Morgan fingerprint density at radius 2 is 1.67 bits per heavy atom. The highest BCUT2D eigenvalue weighted by Gasteiger charge is 2.43. The van der Waals surface area contributed by atoms with Crippen LogP contribution in [-0.2, 0) is 14.4 Å². The molecule has 36 heavy (non-hydrogen) atoms. The lowest BCUT2D eigenvalue weighted by Crippen LogP contribution is -2.64. The molecule has 4 amide bonds. The van der Waals surface area contributed by atoms with Crippen LogP contribution in [0.5, 0.6) is 0 Å². The molecular weight excluding hydrogens is 462 g/mol. The van der Waals surface area contributed by atoms with E-state index in [1.165, 1.54) is 0 Å². The van der Waals surface area contributed by atoms with Crippen LogP contribution in [0.15, 0.2) is 30.3 Å². The number of carbonyl (C=O) groups is 4. The smallest absolute Gasteiger partial charge is 0.252 e. The van der Waals surface area contributed by atoms with Crippen molar-refractivity contribution in [2.45, 2.75) is 82.3 Å². The summed E-state index contributed by atoms with van der Waals surface area (Å²) >= 11 is 0. The molecule has 1 fully saturated rings. The van der Waals surface area contributed by atoms with E-state index in [1.54, 1.807) is 44.2 Å². The van der Waals surface area contributed by atoms with E-state index in [2.05, 4.69) is 21.3 Å². The molecule has 0 heterocycles. The summed E-state index contributed by atoms with van der Waals surface area (Å²) in [7, 11) is 0. The van der Waals surface area contributed by atoms with Crippen molar-refractivity contribution in [2.75, 3.05) is 6.54 Å². The molecule has 2 rings (SSSR count). The van der Waals surface area contributed by atoms with Crippen LogP contribution in [-0.4, -0.2) is 53.3 Å². The van der Waals surface area contributed by atoms with Gasteiger partial charge in [-0.3, -0.25) is 24.6 Å². The zero-order chi connectivity index (χ0) is 26.8. The van der Waals surface area contributed by atoms with Crippen LogP contribution in [0.25, 0.3) is 0 Å². The number of carbonyl (C=O) groups excluding carboxylic acids is 4. The Bertz CT molecular complexity index is 941. The molecule has 1 aliphatic rings. The van der Waals surface area contributed by atoms with E-state index < -0.39 is 34.8 Å². The van der Waals surface area contributed by atoms with E-state index in [0.29, 0.717) is 44.2 Å². The van der Waals surface area contributed by atoms with Crippen molar-refractivity contribution >= 4 is 29.6 Å². The first-order valence-electron chi connectivity index (χ1n) is 12.5. The minimum absolute atomic E-state index is 0.196. The molecule has 9 N–H and O–H groups in total. The molecule has 1 atom stereocenters. The monoisotopic (exact) mass is 501 g/mol. The highest BCUT2D eigenvalue weighted by atomic mass is 16.2. The standard InChI is InChI=1S/C25H39N7O4/c1-3-24(4-2,31-19(33)17-11-6-5-7-12-17)22(36)30-18(13-10-16-29-23(27)28)20(34)32-25(21(26)35)14-8-9-15-25/h5-7,11-12,18H,3-4,8-10,13-16H2,1-2H3,(H2,26,35)(H,30,36)(H,31,33)(H,32,34)(H4,27,28,29)/t18-/m1/s1. The molecule has 198 valence electrons. The molecule has 0 bridgehead atoms. The second kappa shape index (κ2) is 12.9. The Morgan fingerprint density at radius 3 is 2.19 bits per heavy atom. The lowest BCUT2D eigenvalue weighted by molar-refractivity contribution is -0.136. The number of hydrogen-bond acceptors (Lipinski definition) is 5. The molecule has 11 nitrogen and oxygen atoms in total. The number of rotatable bonds is 13. The number of nitrogens with two attached hydrogens (primary N) is 2. The quantitative estimate of drug-likeness (QED) is 0.118. The molecule has 0 aliphatic heterocycles. The van der Waals surface area contributed by atoms with Gasteiger partial charge < -0.3 is 32.7 Å². The molecule has 0 saturated heterocycles. The van der Waals surface area contributed by atoms with E-state index in [1.807, 2.05) is 0 Å². The first-order valence-corrected chi connectivity index (χ1v) is 12.5. The van der Waals surface area contributed by atoms with Crippen molar-refractivity contribution in [3.63, 3.8) is 0 Å². The molecule has 0 spiro atoms. The Balaban J connectivity index is 2.22. The Morgan fingerprint density at radius 1 is 1.06 bits per heavy atom. The topological polar surface area (TPSA) is 192 Å².